The van der Waals surface area contributed by atoms with E-state index in [0.29, 0.717) is 5.75 Å². The quantitative estimate of drug-likeness (QED) is 0.624. The van der Waals surface area contributed by atoms with Gasteiger partial charge in [0, 0.05) is 23.5 Å². The third kappa shape index (κ3) is 2.64. The van der Waals surface area contributed by atoms with E-state index in [-0.39, 0.29) is 5.78 Å². The van der Waals surface area contributed by atoms with Gasteiger partial charge in [-0.25, -0.2) is 0 Å². The number of hydrogen-bond donors (Lipinski definition) is 0. The molecule has 0 fully saturated rings. The van der Waals surface area contributed by atoms with Crippen molar-refractivity contribution in [2.24, 2.45) is 0 Å². The van der Waals surface area contributed by atoms with E-state index in [1.165, 1.54) is 23.1 Å². The van der Waals surface area contributed by atoms with Crippen molar-refractivity contribution in [3.05, 3.63) is 28.5 Å². The van der Waals surface area contributed by atoms with Gasteiger partial charge in [-0.1, -0.05) is 23.1 Å². The number of thioether (sulfide) groups is 1. The maximum atomic E-state index is 12.2. The minimum Gasteiger partial charge on any atom is -0.349 e. The minimum absolute atomic E-state index is 0.156. The van der Waals surface area contributed by atoms with Crippen molar-refractivity contribution in [2.45, 2.75) is 31.7 Å². The number of aryl methyl sites for hydroxylation is 1. The van der Waals surface area contributed by atoms with E-state index in [4.69, 9.17) is 0 Å². The SMILES string of the molecule is CCn1c(C)cc(C(=O)CSc2nncs2)c1C. The Kier molecular flexibility index (Phi) is 4.19. The molecule has 0 bridgehead atoms. The lowest BCUT2D eigenvalue weighted by atomic mass is 10.2. The molecule has 18 heavy (non-hydrogen) atoms. The van der Waals surface area contributed by atoms with Crippen LogP contribution in [0.2, 0.25) is 0 Å². The van der Waals surface area contributed by atoms with E-state index in [9.17, 15) is 4.79 Å². The van der Waals surface area contributed by atoms with Gasteiger partial charge < -0.3 is 4.57 Å². The number of aromatic nitrogens is 3. The van der Waals surface area contributed by atoms with Gasteiger partial charge in [-0.3, -0.25) is 4.79 Å². The summed E-state index contributed by atoms with van der Waals surface area (Å²) in [5.74, 6) is 0.575. The average molecular weight is 281 g/mol. The molecule has 0 aromatic carbocycles. The Bertz CT molecular complexity index is 546. The summed E-state index contributed by atoms with van der Waals surface area (Å²) in [5.41, 5.74) is 4.69. The number of rotatable bonds is 5. The van der Waals surface area contributed by atoms with Crippen LogP contribution in [0.1, 0.15) is 28.7 Å². The molecule has 0 saturated carbocycles. The van der Waals surface area contributed by atoms with Crippen LogP contribution in [0.15, 0.2) is 15.9 Å². The number of hydrogen-bond acceptors (Lipinski definition) is 5. The molecule has 2 rings (SSSR count). The van der Waals surface area contributed by atoms with E-state index in [0.717, 1.165) is 27.8 Å². The lowest BCUT2D eigenvalue weighted by molar-refractivity contribution is 0.102. The van der Waals surface area contributed by atoms with Gasteiger partial charge >= 0.3 is 0 Å². The van der Waals surface area contributed by atoms with Gasteiger partial charge in [-0.15, -0.1) is 10.2 Å². The maximum Gasteiger partial charge on any atom is 0.174 e. The van der Waals surface area contributed by atoms with Crippen LogP contribution in [0.3, 0.4) is 0 Å². The molecule has 0 amide bonds. The summed E-state index contributed by atoms with van der Waals surface area (Å²) in [5, 5.41) is 7.67. The normalized spacial score (nSPS) is 10.8. The first-order chi connectivity index (χ1) is 8.63. The average Bonchev–Trinajstić information content (AvgIpc) is 2.95. The largest absolute Gasteiger partial charge is 0.349 e. The third-order valence-electron chi connectivity index (χ3n) is 2.86. The smallest absolute Gasteiger partial charge is 0.174 e. The van der Waals surface area contributed by atoms with Crippen LogP contribution in [0.4, 0.5) is 0 Å². The highest BCUT2D eigenvalue weighted by molar-refractivity contribution is 8.01. The molecule has 0 spiro atoms. The lowest BCUT2D eigenvalue weighted by Crippen LogP contribution is -2.05. The first-order valence-electron chi connectivity index (χ1n) is 5.72. The predicted octanol–water partition coefficient (Wildman–Crippen LogP) is 2.95. The molecule has 0 radical (unpaired) electrons. The molecular weight excluding hydrogens is 266 g/mol. The zero-order valence-corrected chi connectivity index (χ0v) is 12.3. The minimum atomic E-state index is 0.156. The first kappa shape index (κ1) is 13.3. The predicted molar refractivity (Wildman–Crippen MR) is 74.5 cm³/mol. The van der Waals surface area contributed by atoms with Crippen LogP contribution in [-0.4, -0.2) is 26.3 Å². The van der Waals surface area contributed by atoms with Crippen molar-refractivity contribution >= 4 is 28.9 Å². The zero-order chi connectivity index (χ0) is 13.1. The van der Waals surface area contributed by atoms with Gasteiger partial charge in [-0.05, 0) is 26.8 Å². The number of Topliss-reactive ketones (excluding diaryl/α,β-unsaturated/α-hetero) is 1. The fourth-order valence-electron chi connectivity index (χ4n) is 2.00. The fourth-order valence-corrected chi connectivity index (χ4v) is 3.37. The molecule has 0 aliphatic carbocycles. The van der Waals surface area contributed by atoms with Crippen LogP contribution in [0, 0.1) is 13.8 Å². The highest BCUT2D eigenvalue weighted by Crippen LogP contribution is 2.22. The maximum absolute atomic E-state index is 12.2. The van der Waals surface area contributed by atoms with Crippen molar-refractivity contribution in [2.75, 3.05) is 5.75 Å². The second-order valence-electron chi connectivity index (χ2n) is 3.95. The van der Waals surface area contributed by atoms with Crippen molar-refractivity contribution < 1.29 is 4.79 Å². The Balaban J connectivity index is 2.09. The Morgan fingerprint density at radius 1 is 1.50 bits per heavy atom. The summed E-state index contributed by atoms with van der Waals surface area (Å²) in [6, 6.07) is 1.97. The van der Waals surface area contributed by atoms with Gasteiger partial charge in [0.1, 0.15) is 5.51 Å². The van der Waals surface area contributed by atoms with Gasteiger partial charge in [0.25, 0.3) is 0 Å². The topological polar surface area (TPSA) is 47.8 Å². The Morgan fingerprint density at radius 2 is 2.28 bits per heavy atom. The standard InChI is InChI=1S/C12H15N3OS2/c1-4-15-8(2)5-10(9(15)3)11(16)6-17-12-14-13-7-18-12/h5,7H,4,6H2,1-3H3. The number of carbonyl (C=O) groups is 1. The summed E-state index contributed by atoms with van der Waals surface area (Å²) in [6.45, 7) is 7.02. The Labute approximate surface area is 114 Å². The van der Waals surface area contributed by atoms with Crippen LogP contribution in [0.25, 0.3) is 0 Å². The van der Waals surface area contributed by atoms with Crippen LogP contribution in [-0.2, 0) is 6.54 Å². The molecule has 0 N–H and O–H groups in total. The highest BCUT2D eigenvalue weighted by Gasteiger charge is 2.15. The van der Waals surface area contributed by atoms with Crippen LogP contribution in [0.5, 0.6) is 0 Å². The summed E-state index contributed by atoms with van der Waals surface area (Å²) in [6.07, 6.45) is 0. The molecule has 2 aromatic heterocycles. The third-order valence-corrected chi connectivity index (χ3v) is 4.72. The van der Waals surface area contributed by atoms with Crippen molar-refractivity contribution in [1.82, 2.24) is 14.8 Å². The van der Waals surface area contributed by atoms with Gasteiger partial charge in [0.2, 0.25) is 0 Å². The molecule has 0 saturated heterocycles. The van der Waals surface area contributed by atoms with Crippen molar-refractivity contribution in [1.29, 1.82) is 0 Å². The molecule has 0 aliphatic rings. The molecule has 2 aromatic rings. The van der Waals surface area contributed by atoms with Gasteiger partial charge in [0.05, 0.1) is 5.75 Å². The number of carbonyl (C=O) groups excluding carboxylic acids is 1. The lowest BCUT2D eigenvalue weighted by Gasteiger charge is -2.05. The van der Waals surface area contributed by atoms with Gasteiger partial charge in [0.15, 0.2) is 10.1 Å². The van der Waals surface area contributed by atoms with Gasteiger partial charge in [-0.2, -0.15) is 0 Å². The molecule has 0 aliphatic heterocycles. The Hall–Kier alpha value is -1.14. The first-order valence-corrected chi connectivity index (χ1v) is 7.59. The van der Waals surface area contributed by atoms with E-state index >= 15 is 0 Å². The monoisotopic (exact) mass is 281 g/mol. The summed E-state index contributed by atoms with van der Waals surface area (Å²) >= 11 is 2.91. The molecule has 6 heteroatoms. The van der Waals surface area contributed by atoms with E-state index in [2.05, 4.69) is 21.7 Å². The van der Waals surface area contributed by atoms with E-state index in [1.54, 1.807) is 5.51 Å². The molecule has 4 nitrogen and oxygen atoms in total. The van der Waals surface area contributed by atoms with Crippen LogP contribution < -0.4 is 0 Å². The molecular formula is C12H15N3OS2. The van der Waals surface area contributed by atoms with Crippen molar-refractivity contribution in [3.8, 4) is 0 Å². The highest BCUT2D eigenvalue weighted by atomic mass is 32.2. The second-order valence-corrected chi connectivity index (χ2v) is 6.00. The molecule has 2 heterocycles. The number of nitrogens with zero attached hydrogens (tertiary/aromatic N) is 3. The van der Waals surface area contributed by atoms with E-state index in [1.807, 2.05) is 19.9 Å². The fraction of sp³-hybridized carbons (Fsp3) is 0.417. The number of ketones is 1. The Morgan fingerprint density at radius 3 is 2.83 bits per heavy atom. The van der Waals surface area contributed by atoms with Crippen molar-refractivity contribution in [3.63, 3.8) is 0 Å². The van der Waals surface area contributed by atoms with Crippen LogP contribution >= 0.6 is 23.1 Å². The summed E-state index contributed by atoms with van der Waals surface area (Å²) < 4.78 is 3.00. The molecule has 96 valence electrons. The second kappa shape index (κ2) is 5.67. The zero-order valence-electron chi connectivity index (χ0n) is 10.6. The molecule has 0 atom stereocenters. The summed E-state index contributed by atoms with van der Waals surface area (Å²) in [4.78, 5) is 12.2. The summed E-state index contributed by atoms with van der Waals surface area (Å²) in [7, 11) is 0. The van der Waals surface area contributed by atoms with E-state index < -0.39 is 0 Å². The molecule has 0 unspecified atom stereocenters.